The van der Waals surface area contributed by atoms with Crippen molar-refractivity contribution in [3.8, 4) is 0 Å². The Hall–Kier alpha value is -0.780. The third-order valence-corrected chi connectivity index (χ3v) is 4.02. The summed E-state index contributed by atoms with van der Waals surface area (Å²) in [6.45, 7) is 4.54. The van der Waals surface area contributed by atoms with E-state index in [4.69, 9.17) is 11.6 Å². The molecule has 1 amide bonds. The zero-order valence-electron chi connectivity index (χ0n) is 11.0. The van der Waals surface area contributed by atoms with E-state index >= 15 is 0 Å². The third-order valence-electron chi connectivity index (χ3n) is 3.22. The lowest BCUT2D eigenvalue weighted by Gasteiger charge is -2.34. The van der Waals surface area contributed by atoms with E-state index in [2.05, 4.69) is 16.1 Å². The summed E-state index contributed by atoms with van der Waals surface area (Å²) in [5.74, 6) is 1.17. The number of carbonyl (C=O) groups excluding carboxylic acids is 1. The van der Waals surface area contributed by atoms with Gasteiger partial charge in [-0.3, -0.25) is 14.7 Å². The summed E-state index contributed by atoms with van der Waals surface area (Å²) < 4.78 is 0. The average Bonchev–Trinajstić information content (AvgIpc) is 2.45. The number of piperazine rings is 1. The van der Waals surface area contributed by atoms with Crippen LogP contribution in [0.1, 0.15) is 10.4 Å². The summed E-state index contributed by atoms with van der Waals surface area (Å²) >= 11 is 7.72. The number of halogens is 1. The Balaban J connectivity index is 1.89. The molecule has 2 rings (SSSR count). The van der Waals surface area contributed by atoms with Crippen LogP contribution in [0.2, 0.25) is 5.02 Å². The summed E-state index contributed by atoms with van der Waals surface area (Å²) in [4.78, 5) is 20.5. The van der Waals surface area contributed by atoms with Crippen LogP contribution in [-0.4, -0.2) is 65.4 Å². The highest BCUT2D eigenvalue weighted by Gasteiger charge is 2.22. The van der Waals surface area contributed by atoms with Crippen molar-refractivity contribution in [1.82, 2.24) is 14.8 Å². The smallest absolute Gasteiger partial charge is 0.255 e. The van der Waals surface area contributed by atoms with Crippen LogP contribution in [0.25, 0.3) is 0 Å². The number of thioether (sulfide) groups is 1. The number of nitrogens with zero attached hydrogens (tertiary/aromatic N) is 3. The molecule has 0 aromatic carbocycles. The first-order valence-corrected chi connectivity index (χ1v) is 8.09. The van der Waals surface area contributed by atoms with E-state index in [0.717, 1.165) is 38.5 Å². The van der Waals surface area contributed by atoms with Crippen LogP contribution in [-0.2, 0) is 0 Å². The van der Waals surface area contributed by atoms with Crippen LogP contribution in [0, 0.1) is 0 Å². The van der Waals surface area contributed by atoms with Gasteiger partial charge in [0.15, 0.2) is 0 Å². The van der Waals surface area contributed by atoms with E-state index in [-0.39, 0.29) is 5.91 Å². The van der Waals surface area contributed by atoms with Gasteiger partial charge in [0, 0.05) is 50.9 Å². The predicted octanol–water partition coefficient (Wildman–Crippen LogP) is 1.86. The third kappa shape index (κ3) is 4.09. The monoisotopic (exact) mass is 299 g/mol. The highest BCUT2D eigenvalue weighted by Crippen LogP contribution is 2.12. The molecule has 0 bridgehead atoms. The topological polar surface area (TPSA) is 36.4 Å². The zero-order chi connectivity index (χ0) is 13.7. The van der Waals surface area contributed by atoms with Crippen molar-refractivity contribution in [3.63, 3.8) is 0 Å². The van der Waals surface area contributed by atoms with Crippen molar-refractivity contribution in [2.24, 2.45) is 0 Å². The van der Waals surface area contributed by atoms with Crippen molar-refractivity contribution in [3.05, 3.63) is 29.0 Å². The summed E-state index contributed by atoms with van der Waals surface area (Å²) in [7, 11) is 0. The Morgan fingerprint density at radius 1 is 1.37 bits per heavy atom. The number of amides is 1. The van der Waals surface area contributed by atoms with Gasteiger partial charge < -0.3 is 4.90 Å². The molecule has 1 fully saturated rings. The molecular weight excluding hydrogens is 282 g/mol. The molecule has 1 aromatic rings. The minimum absolute atomic E-state index is 0.0273. The van der Waals surface area contributed by atoms with Crippen molar-refractivity contribution >= 4 is 29.3 Å². The lowest BCUT2D eigenvalue weighted by Crippen LogP contribution is -2.49. The molecule has 104 valence electrons. The largest absolute Gasteiger partial charge is 0.336 e. The summed E-state index contributed by atoms with van der Waals surface area (Å²) in [6, 6.07) is 1.68. The molecule has 4 nitrogen and oxygen atoms in total. The molecule has 0 radical (unpaired) electrons. The minimum Gasteiger partial charge on any atom is -0.336 e. The maximum Gasteiger partial charge on any atom is 0.255 e. The van der Waals surface area contributed by atoms with E-state index in [1.165, 1.54) is 0 Å². The van der Waals surface area contributed by atoms with E-state index in [9.17, 15) is 4.79 Å². The number of carbonyl (C=O) groups is 1. The normalized spacial score (nSPS) is 16.6. The Labute approximate surface area is 123 Å². The Morgan fingerprint density at radius 3 is 2.74 bits per heavy atom. The number of hydrogen-bond acceptors (Lipinski definition) is 4. The Kier molecular flexibility index (Phi) is 5.48. The average molecular weight is 300 g/mol. The van der Waals surface area contributed by atoms with Gasteiger partial charge in [-0.2, -0.15) is 11.8 Å². The van der Waals surface area contributed by atoms with Crippen LogP contribution in [0.3, 0.4) is 0 Å². The fourth-order valence-electron chi connectivity index (χ4n) is 2.11. The van der Waals surface area contributed by atoms with Crippen molar-refractivity contribution in [1.29, 1.82) is 0 Å². The van der Waals surface area contributed by atoms with Gasteiger partial charge in [-0.05, 0) is 12.3 Å². The molecule has 2 heterocycles. The second kappa shape index (κ2) is 7.12. The Morgan fingerprint density at radius 2 is 2.11 bits per heavy atom. The fraction of sp³-hybridized carbons (Fsp3) is 0.538. The maximum absolute atomic E-state index is 12.3. The van der Waals surface area contributed by atoms with Crippen LogP contribution < -0.4 is 0 Å². The quantitative estimate of drug-likeness (QED) is 0.850. The van der Waals surface area contributed by atoms with E-state index in [1.54, 1.807) is 18.5 Å². The lowest BCUT2D eigenvalue weighted by atomic mass is 10.2. The van der Waals surface area contributed by atoms with Gasteiger partial charge in [-0.15, -0.1) is 0 Å². The molecule has 1 saturated heterocycles. The van der Waals surface area contributed by atoms with Gasteiger partial charge in [0.25, 0.3) is 5.91 Å². The standard InChI is InChI=1S/C13H18ClN3OS/c1-19-7-6-16-2-4-17(5-3-16)13(18)11-8-12(14)10-15-9-11/h8-10H,2-7H2,1H3. The van der Waals surface area contributed by atoms with Gasteiger partial charge >= 0.3 is 0 Å². The van der Waals surface area contributed by atoms with E-state index in [0.29, 0.717) is 10.6 Å². The maximum atomic E-state index is 12.3. The van der Waals surface area contributed by atoms with Crippen molar-refractivity contribution < 1.29 is 4.79 Å². The zero-order valence-corrected chi connectivity index (χ0v) is 12.6. The molecule has 19 heavy (non-hydrogen) atoms. The molecule has 1 aliphatic heterocycles. The summed E-state index contributed by atoms with van der Waals surface area (Å²) in [6.07, 6.45) is 5.24. The second-order valence-electron chi connectivity index (χ2n) is 4.52. The lowest BCUT2D eigenvalue weighted by molar-refractivity contribution is 0.0644. The molecule has 1 aromatic heterocycles. The summed E-state index contributed by atoms with van der Waals surface area (Å²) in [5.41, 5.74) is 0.574. The molecule has 0 unspecified atom stereocenters. The molecule has 0 atom stereocenters. The molecular formula is C13H18ClN3OS. The first kappa shape index (κ1) is 14.6. The number of rotatable bonds is 4. The molecule has 0 saturated carbocycles. The van der Waals surface area contributed by atoms with Crippen molar-refractivity contribution in [2.75, 3.05) is 44.7 Å². The molecule has 0 spiro atoms. The van der Waals surface area contributed by atoms with Crippen LogP contribution in [0.5, 0.6) is 0 Å². The van der Waals surface area contributed by atoms with Crippen LogP contribution in [0.4, 0.5) is 0 Å². The number of aromatic nitrogens is 1. The summed E-state index contributed by atoms with van der Waals surface area (Å²) in [5, 5.41) is 0.504. The minimum atomic E-state index is 0.0273. The first-order valence-electron chi connectivity index (χ1n) is 6.32. The van der Waals surface area contributed by atoms with Gasteiger partial charge in [0.2, 0.25) is 0 Å². The highest BCUT2D eigenvalue weighted by atomic mass is 35.5. The van der Waals surface area contributed by atoms with Gasteiger partial charge in [0.1, 0.15) is 0 Å². The predicted molar refractivity (Wildman–Crippen MR) is 80.0 cm³/mol. The molecule has 0 aliphatic carbocycles. The number of pyridine rings is 1. The number of hydrogen-bond donors (Lipinski definition) is 0. The SMILES string of the molecule is CSCCN1CCN(C(=O)c2cncc(Cl)c2)CC1. The van der Waals surface area contributed by atoms with Crippen molar-refractivity contribution in [2.45, 2.75) is 0 Å². The second-order valence-corrected chi connectivity index (χ2v) is 5.94. The fourth-order valence-corrected chi connectivity index (χ4v) is 2.72. The molecule has 0 N–H and O–H groups in total. The molecule has 6 heteroatoms. The first-order chi connectivity index (χ1) is 9.20. The Bertz CT molecular complexity index is 436. The van der Waals surface area contributed by atoms with E-state index in [1.807, 2.05) is 16.7 Å². The van der Waals surface area contributed by atoms with Gasteiger partial charge in [-0.25, -0.2) is 0 Å². The van der Waals surface area contributed by atoms with Gasteiger partial charge in [-0.1, -0.05) is 11.6 Å². The molecule has 1 aliphatic rings. The van der Waals surface area contributed by atoms with Crippen LogP contribution >= 0.6 is 23.4 Å². The van der Waals surface area contributed by atoms with Crippen LogP contribution in [0.15, 0.2) is 18.5 Å². The van der Waals surface area contributed by atoms with E-state index < -0.39 is 0 Å². The highest BCUT2D eigenvalue weighted by molar-refractivity contribution is 7.98. The van der Waals surface area contributed by atoms with Gasteiger partial charge in [0.05, 0.1) is 10.6 Å².